The molecule has 2 aromatic carbocycles. The molecule has 0 saturated carbocycles. The summed E-state index contributed by atoms with van der Waals surface area (Å²) < 4.78 is 37.9. The van der Waals surface area contributed by atoms with E-state index in [1.54, 1.807) is 14.0 Å². The lowest BCUT2D eigenvalue weighted by molar-refractivity contribution is -0.115. The maximum atomic E-state index is 13.6. The van der Waals surface area contributed by atoms with Crippen LogP contribution in [0.25, 0.3) is 0 Å². The molecule has 1 atom stereocenters. The molecule has 0 bridgehead atoms. The van der Waals surface area contributed by atoms with Crippen molar-refractivity contribution in [2.45, 2.75) is 23.8 Å². The van der Waals surface area contributed by atoms with Gasteiger partial charge in [-0.2, -0.15) is 0 Å². The van der Waals surface area contributed by atoms with Gasteiger partial charge in [0.2, 0.25) is 11.8 Å². The van der Waals surface area contributed by atoms with Crippen LogP contribution in [-0.2, 0) is 11.2 Å². The molecule has 3 aromatic rings. The zero-order valence-electron chi connectivity index (χ0n) is 15.1. The number of para-hydroxylation sites is 1. The van der Waals surface area contributed by atoms with Crippen molar-refractivity contribution < 1.29 is 22.7 Å². The van der Waals surface area contributed by atoms with Crippen molar-refractivity contribution >= 4 is 23.4 Å². The van der Waals surface area contributed by atoms with Crippen molar-refractivity contribution in [1.29, 1.82) is 0 Å². The molecule has 0 aliphatic rings. The number of halogens is 2. The van der Waals surface area contributed by atoms with Crippen LogP contribution in [0.3, 0.4) is 0 Å². The van der Waals surface area contributed by atoms with Crippen molar-refractivity contribution in [3.8, 4) is 5.75 Å². The Morgan fingerprint density at radius 2 is 1.86 bits per heavy atom. The van der Waals surface area contributed by atoms with Gasteiger partial charge in [-0.25, -0.2) is 8.78 Å². The van der Waals surface area contributed by atoms with E-state index in [-0.39, 0.29) is 5.22 Å². The van der Waals surface area contributed by atoms with Gasteiger partial charge in [0.15, 0.2) is 0 Å². The fourth-order valence-electron chi connectivity index (χ4n) is 2.32. The number of aromatic nitrogens is 2. The number of hydrogen-bond donors (Lipinski definition) is 1. The third-order valence-electron chi connectivity index (χ3n) is 3.82. The maximum Gasteiger partial charge on any atom is 0.277 e. The number of amides is 1. The van der Waals surface area contributed by atoms with E-state index >= 15 is 0 Å². The van der Waals surface area contributed by atoms with Gasteiger partial charge in [0.25, 0.3) is 5.22 Å². The van der Waals surface area contributed by atoms with E-state index in [9.17, 15) is 13.6 Å². The summed E-state index contributed by atoms with van der Waals surface area (Å²) in [5, 5.41) is 9.60. The van der Waals surface area contributed by atoms with E-state index in [1.807, 2.05) is 24.3 Å². The summed E-state index contributed by atoms with van der Waals surface area (Å²) in [5.41, 5.74) is 0.479. The molecule has 0 saturated heterocycles. The third kappa shape index (κ3) is 4.86. The first-order valence-corrected chi connectivity index (χ1v) is 9.21. The molecule has 9 heteroatoms. The molecule has 0 fully saturated rings. The van der Waals surface area contributed by atoms with Crippen LogP contribution >= 0.6 is 11.8 Å². The summed E-state index contributed by atoms with van der Waals surface area (Å²) in [6.45, 7) is 1.58. The fourth-order valence-corrected chi connectivity index (χ4v) is 3.02. The number of benzene rings is 2. The van der Waals surface area contributed by atoms with Crippen LogP contribution in [0.2, 0.25) is 0 Å². The molecule has 0 unspecified atom stereocenters. The fraction of sp³-hybridized carbons (Fsp3) is 0.211. The van der Waals surface area contributed by atoms with Crippen LogP contribution in [-0.4, -0.2) is 28.5 Å². The normalized spacial score (nSPS) is 11.9. The molecule has 146 valence electrons. The zero-order valence-corrected chi connectivity index (χ0v) is 15.9. The van der Waals surface area contributed by atoms with E-state index in [1.165, 1.54) is 6.07 Å². The Bertz CT molecular complexity index is 943. The molecular formula is C19H17F2N3O3S. The second-order valence-electron chi connectivity index (χ2n) is 5.83. The number of rotatable bonds is 7. The van der Waals surface area contributed by atoms with Crippen molar-refractivity contribution in [2.75, 3.05) is 12.4 Å². The highest BCUT2D eigenvalue weighted by molar-refractivity contribution is 8.00. The smallest absolute Gasteiger partial charge is 0.277 e. The number of methoxy groups -OCH3 is 1. The van der Waals surface area contributed by atoms with Crippen LogP contribution in [0.1, 0.15) is 18.4 Å². The van der Waals surface area contributed by atoms with E-state index < -0.39 is 28.5 Å². The minimum atomic E-state index is -0.842. The summed E-state index contributed by atoms with van der Waals surface area (Å²) in [6, 6.07) is 10.8. The maximum absolute atomic E-state index is 13.6. The van der Waals surface area contributed by atoms with Gasteiger partial charge in [0.05, 0.1) is 18.8 Å². The minimum Gasteiger partial charge on any atom is -0.497 e. The quantitative estimate of drug-likeness (QED) is 0.597. The third-order valence-corrected chi connectivity index (χ3v) is 4.75. The predicted octanol–water partition coefficient (Wildman–Crippen LogP) is 4.07. The SMILES string of the molecule is COc1ccc(Cc2nnc(S[C@@H](C)C(=O)Nc3c(F)cccc3F)o2)cc1. The predicted molar refractivity (Wildman–Crippen MR) is 100 cm³/mol. The van der Waals surface area contributed by atoms with Gasteiger partial charge in [-0.3, -0.25) is 4.79 Å². The second kappa shape index (κ2) is 8.83. The van der Waals surface area contributed by atoms with Gasteiger partial charge in [-0.15, -0.1) is 10.2 Å². The number of hydrogen-bond acceptors (Lipinski definition) is 6. The lowest BCUT2D eigenvalue weighted by Gasteiger charge is -2.11. The molecule has 3 rings (SSSR count). The number of anilines is 1. The molecule has 1 aromatic heterocycles. The van der Waals surface area contributed by atoms with E-state index in [0.29, 0.717) is 12.3 Å². The monoisotopic (exact) mass is 405 g/mol. The number of ether oxygens (including phenoxy) is 1. The molecular weight excluding hydrogens is 388 g/mol. The average Bonchev–Trinajstić information content (AvgIpc) is 3.12. The molecule has 28 heavy (non-hydrogen) atoms. The topological polar surface area (TPSA) is 77.2 Å². The highest BCUT2D eigenvalue weighted by Crippen LogP contribution is 2.25. The Morgan fingerprint density at radius 1 is 1.18 bits per heavy atom. The van der Waals surface area contributed by atoms with Crippen molar-refractivity contribution in [3.63, 3.8) is 0 Å². The summed E-state index contributed by atoms with van der Waals surface area (Å²) >= 11 is 1.00. The molecule has 1 N–H and O–H groups in total. The van der Waals surface area contributed by atoms with Gasteiger partial charge >= 0.3 is 0 Å². The lowest BCUT2D eigenvalue weighted by atomic mass is 10.1. The van der Waals surface area contributed by atoms with Crippen LogP contribution < -0.4 is 10.1 Å². The highest BCUT2D eigenvalue weighted by atomic mass is 32.2. The number of thioether (sulfide) groups is 1. The Labute approximate surface area is 164 Å². The van der Waals surface area contributed by atoms with Gasteiger partial charge < -0.3 is 14.5 Å². The second-order valence-corrected chi connectivity index (χ2v) is 7.12. The summed E-state index contributed by atoms with van der Waals surface area (Å²) in [7, 11) is 1.59. The molecule has 1 amide bonds. The van der Waals surface area contributed by atoms with Crippen molar-refractivity contribution in [2.24, 2.45) is 0 Å². The number of carbonyl (C=O) groups is 1. The Balaban J connectivity index is 1.59. The highest BCUT2D eigenvalue weighted by Gasteiger charge is 2.21. The average molecular weight is 405 g/mol. The summed E-state index contributed by atoms with van der Waals surface area (Å²) in [6.07, 6.45) is 0.429. The standard InChI is InChI=1S/C19H17F2N3O3S/c1-11(18(25)22-17-14(20)4-3-5-15(17)21)28-19-24-23-16(27-19)10-12-6-8-13(26-2)9-7-12/h3-9,11H,10H2,1-2H3,(H,22,25)/t11-/m0/s1. The Kier molecular flexibility index (Phi) is 6.25. The van der Waals surface area contributed by atoms with Gasteiger partial charge in [-0.1, -0.05) is 30.0 Å². The number of nitrogens with zero attached hydrogens (tertiary/aromatic N) is 2. The zero-order chi connectivity index (χ0) is 20.1. The van der Waals surface area contributed by atoms with E-state index in [0.717, 1.165) is 35.2 Å². The van der Waals surface area contributed by atoms with Gasteiger partial charge in [0, 0.05) is 0 Å². The van der Waals surface area contributed by atoms with Crippen LogP contribution in [0.5, 0.6) is 5.75 Å². The lowest BCUT2D eigenvalue weighted by Crippen LogP contribution is -2.23. The molecule has 1 heterocycles. The van der Waals surface area contributed by atoms with E-state index in [4.69, 9.17) is 9.15 Å². The molecule has 0 aliphatic heterocycles. The van der Waals surface area contributed by atoms with Crippen molar-refractivity contribution in [1.82, 2.24) is 10.2 Å². The molecule has 0 aliphatic carbocycles. The number of nitrogens with one attached hydrogen (secondary N) is 1. The largest absolute Gasteiger partial charge is 0.497 e. The molecule has 0 spiro atoms. The number of carbonyl (C=O) groups excluding carboxylic acids is 1. The first kappa shape index (κ1) is 19.8. The van der Waals surface area contributed by atoms with Gasteiger partial charge in [0.1, 0.15) is 23.1 Å². The first-order chi connectivity index (χ1) is 13.5. The van der Waals surface area contributed by atoms with E-state index in [2.05, 4.69) is 15.5 Å². The molecule has 6 nitrogen and oxygen atoms in total. The summed E-state index contributed by atoms with van der Waals surface area (Å²) in [5.74, 6) is -1.13. The van der Waals surface area contributed by atoms with Crippen molar-refractivity contribution in [3.05, 3.63) is 65.6 Å². The van der Waals surface area contributed by atoms with Gasteiger partial charge in [-0.05, 0) is 36.8 Å². The molecule has 0 radical (unpaired) electrons. The Hall–Kier alpha value is -2.94. The minimum absolute atomic E-state index is 0.195. The Morgan fingerprint density at radius 3 is 2.50 bits per heavy atom. The first-order valence-electron chi connectivity index (χ1n) is 8.33. The summed E-state index contributed by atoms with van der Waals surface area (Å²) in [4.78, 5) is 12.2. The van der Waals surface area contributed by atoms with Crippen LogP contribution in [0.15, 0.2) is 52.1 Å². The van der Waals surface area contributed by atoms with Crippen LogP contribution in [0, 0.1) is 11.6 Å². The van der Waals surface area contributed by atoms with Crippen LogP contribution in [0.4, 0.5) is 14.5 Å².